The maximum absolute atomic E-state index is 13.4. The molecule has 1 heterocycles. The van der Waals surface area contributed by atoms with E-state index in [1.165, 1.54) is 12.8 Å². The fraction of sp³-hybridized carbons (Fsp3) is 0.310. The summed E-state index contributed by atoms with van der Waals surface area (Å²) in [7, 11) is 3.76. The maximum atomic E-state index is 13.4. The zero-order valence-electron chi connectivity index (χ0n) is 20.6. The van der Waals surface area contributed by atoms with E-state index in [1.54, 1.807) is 18.2 Å². The summed E-state index contributed by atoms with van der Waals surface area (Å²) in [4.78, 5) is 19.6. The first-order valence-electron chi connectivity index (χ1n) is 12.1. The smallest absolute Gasteiger partial charge is 0.242 e. The first kappa shape index (κ1) is 26.0. The predicted molar refractivity (Wildman–Crippen MR) is 148 cm³/mol. The van der Waals surface area contributed by atoms with E-state index < -0.39 is 0 Å². The van der Waals surface area contributed by atoms with Crippen LogP contribution in [0.25, 0.3) is 11.1 Å². The number of likely N-dealkylation sites (tertiary alicyclic amines) is 1. The lowest BCUT2D eigenvalue weighted by Gasteiger charge is -2.33. The van der Waals surface area contributed by atoms with Crippen LogP contribution in [0.3, 0.4) is 0 Å². The average Bonchev–Trinajstić information content (AvgIpc) is 3.42. The molecule has 36 heavy (non-hydrogen) atoms. The van der Waals surface area contributed by atoms with Gasteiger partial charge in [0.05, 0.1) is 34.3 Å². The van der Waals surface area contributed by atoms with E-state index in [2.05, 4.69) is 35.2 Å². The molecule has 1 amide bonds. The lowest BCUT2D eigenvalue weighted by Crippen LogP contribution is -2.42. The van der Waals surface area contributed by atoms with Crippen LogP contribution in [0.5, 0.6) is 0 Å². The van der Waals surface area contributed by atoms with E-state index in [-0.39, 0.29) is 18.5 Å². The molecule has 4 rings (SSSR count). The third-order valence-corrected chi connectivity index (χ3v) is 7.57. The van der Waals surface area contributed by atoms with Gasteiger partial charge in [-0.15, -0.1) is 0 Å². The van der Waals surface area contributed by atoms with Crippen LogP contribution in [0.15, 0.2) is 66.7 Å². The number of benzene rings is 3. The van der Waals surface area contributed by atoms with Gasteiger partial charge in [0, 0.05) is 26.3 Å². The van der Waals surface area contributed by atoms with Crippen LogP contribution in [0.4, 0.5) is 5.69 Å². The fourth-order valence-corrected chi connectivity index (χ4v) is 4.92. The highest BCUT2D eigenvalue weighted by atomic mass is 35.5. The number of carbonyl (C=O) groups is 1. The number of rotatable bonds is 8. The van der Waals surface area contributed by atoms with Crippen molar-refractivity contribution in [3.63, 3.8) is 0 Å². The molecule has 0 N–H and O–H groups in total. The summed E-state index contributed by atoms with van der Waals surface area (Å²) < 4.78 is 0. The topological polar surface area (TPSA) is 50.6 Å². The summed E-state index contributed by atoms with van der Waals surface area (Å²) in [6.45, 7) is 3.13. The van der Waals surface area contributed by atoms with Crippen LogP contribution >= 0.6 is 23.2 Å². The minimum atomic E-state index is -0.0719. The Labute approximate surface area is 223 Å². The van der Waals surface area contributed by atoms with Gasteiger partial charge >= 0.3 is 0 Å². The van der Waals surface area contributed by atoms with Crippen molar-refractivity contribution in [2.75, 3.05) is 45.2 Å². The van der Waals surface area contributed by atoms with E-state index in [0.29, 0.717) is 15.6 Å². The third-order valence-electron chi connectivity index (χ3n) is 6.83. The highest BCUT2D eigenvalue weighted by Gasteiger charge is 2.26. The fourth-order valence-electron chi connectivity index (χ4n) is 4.63. The number of nitriles is 1. The SMILES string of the molecule is CN(CC(=O)N(C)C(CN1CCCC1)c1ccc(-c2cccc(C#N)c2)cc1)c1ccc(Cl)c(Cl)c1. The molecule has 7 heteroatoms. The number of halogens is 2. The lowest BCUT2D eigenvalue weighted by molar-refractivity contribution is -0.131. The van der Waals surface area contributed by atoms with Crippen molar-refractivity contribution < 1.29 is 4.79 Å². The Morgan fingerprint density at radius 1 is 0.972 bits per heavy atom. The van der Waals surface area contributed by atoms with Crippen LogP contribution < -0.4 is 4.90 Å². The Hall–Kier alpha value is -3.04. The maximum Gasteiger partial charge on any atom is 0.242 e. The van der Waals surface area contributed by atoms with Crippen molar-refractivity contribution in [2.24, 2.45) is 0 Å². The normalized spacial score (nSPS) is 14.3. The minimum Gasteiger partial charge on any atom is -0.365 e. The second kappa shape index (κ2) is 11.8. The van der Waals surface area contributed by atoms with E-state index in [9.17, 15) is 10.1 Å². The molecule has 1 saturated heterocycles. The molecular formula is C29H30Cl2N4O. The van der Waals surface area contributed by atoms with E-state index in [0.717, 1.165) is 42.0 Å². The van der Waals surface area contributed by atoms with Crippen LogP contribution in [0.2, 0.25) is 10.0 Å². The molecule has 186 valence electrons. The molecule has 5 nitrogen and oxygen atoms in total. The molecule has 0 aliphatic carbocycles. The third kappa shape index (κ3) is 6.20. The molecule has 0 spiro atoms. The summed E-state index contributed by atoms with van der Waals surface area (Å²) in [5.74, 6) is 0.0265. The van der Waals surface area contributed by atoms with Crippen molar-refractivity contribution in [1.29, 1.82) is 5.26 Å². The van der Waals surface area contributed by atoms with Crippen molar-refractivity contribution in [1.82, 2.24) is 9.80 Å². The van der Waals surface area contributed by atoms with E-state index in [4.69, 9.17) is 23.2 Å². The number of hydrogen-bond acceptors (Lipinski definition) is 4. The van der Waals surface area contributed by atoms with Gasteiger partial charge in [0.1, 0.15) is 0 Å². The number of carbonyl (C=O) groups excluding carboxylic acids is 1. The molecule has 1 aliphatic rings. The van der Waals surface area contributed by atoms with E-state index >= 15 is 0 Å². The van der Waals surface area contributed by atoms with Gasteiger partial charge in [0.25, 0.3) is 0 Å². The number of likely N-dealkylation sites (N-methyl/N-ethyl adjacent to an activating group) is 2. The highest BCUT2D eigenvalue weighted by molar-refractivity contribution is 6.42. The quantitative estimate of drug-likeness (QED) is 0.351. The molecule has 3 aromatic rings. The van der Waals surface area contributed by atoms with Gasteiger partial charge in [0.15, 0.2) is 0 Å². The molecule has 1 atom stereocenters. The highest BCUT2D eigenvalue weighted by Crippen LogP contribution is 2.29. The molecule has 1 aliphatic heterocycles. The van der Waals surface area contributed by atoms with Gasteiger partial charge in [-0.2, -0.15) is 5.26 Å². The monoisotopic (exact) mass is 520 g/mol. The van der Waals surface area contributed by atoms with Crippen molar-refractivity contribution in [3.05, 3.63) is 87.9 Å². The van der Waals surface area contributed by atoms with Gasteiger partial charge in [-0.05, 0) is 73.0 Å². The Kier molecular flexibility index (Phi) is 8.53. The molecule has 1 unspecified atom stereocenters. The summed E-state index contributed by atoms with van der Waals surface area (Å²) >= 11 is 12.2. The number of amides is 1. The second-order valence-corrected chi connectivity index (χ2v) is 10.1. The van der Waals surface area contributed by atoms with Crippen LogP contribution in [0, 0.1) is 11.3 Å². The Balaban J connectivity index is 1.54. The Bertz CT molecular complexity index is 1250. The summed E-state index contributed by atoms with van der Waals surface area (Å²) in [5.41, 5.74) is 4.62. The van der Waals surface area contributed by atoms with Crippen molar-refractivity contribution >= 4 is 34.8 Å². The molecule has 0 radical (unpaired) electrons. The largest absolute Gasteiger partial charge is 0.365 e. The zero-order chi connectivity index (χ0) is 25.7. The van der Waals surface area contributed by atoms with Crippen LogP contribution in [0.1, 0.15) is 30.0 Å². The zero-order valence-corrected chi connectivity index (χ0v) is 22.1. The van der Waals surface area contributed by atoms with Crippen LogP contribution in [-0.2, 0) is 4.79 Å². The average molecular weight is 521 g/mol. The molecule has 1 fully saturated rings. The summed E-state index contributed by atoms with van der Waals surface area (Å²) in [6.07, 6.45) is 2.39. The van der Waals surface area contributed by atoms with Gasteiger partial charge in [-0.3, -0.25) is 4.79 Å². The minimum absolute atomic E-state index is 0.0265. The molecule has 0 saturated carbocycles. The number of hydrogen-bond donors (Lipinski definition) is 0. The predicted octanol–water partition coefficient (Wildman–Crippen LogP) is 6.26. The van der Waals surface area contributed by atoms with Gasteiger partial charge in [-0.1, -0.05) is 59.6 Å². The van der Waals surface area contributed by atoms with E-state index in [1.807, 2.05) is 48.2 Å². The van der Waals surface area contributed by atoms with Crippen LogP contribution in [-0.4, -0.2) is 56.0 Å². The second-order valence-electron chi connectivity index (χ2n) is 9.30. The molecule has 0 aromatic heterocycles. The first-order chi connectivity index (χ1) is 17.4. The van der Waals surface area contributed by atoms with Gasteiger partial charge in [0.2, 0.25) is 5.91 Å². The Morgan fingerprint density at radius 3 is 2.36 bits per heavy atom. The summed E-state index contributed by atoms with van der Waals surface area (Å²) in [5, 5.41) is 10.2. The Morgan fingerprint density at radius 2 is 1.69 bits per heavy atom. The standard InChI is InChI=1S/C29H30Cl2N4O/c1-33(25-12-13-26(30)27(31)17-25)20-29(36)34(2)28(19-35-14-3-4-15-35)23-10-8-22(9-11-23)24-7-5-6-21(16-24)18-32/h5-13,16-17,28H,3-4,14-15,19-20H2,1-2H3. The first-order valence-corrected chi connectivity index (χ1v) is 12.9. The molecule has 0 bridgehead atoms. The summed E-state index contributed by atoms with van der Waals surface area (Å²) in [6, 6.07) is 23.5. The van der Waals surface area contributed by atoms with Crippen molar-refractivity contribution in [3.8, 4) is 17.2 Å². The van der Waals surface area contributed by atoms with Gasteiger partial charge < -0.3 is 14.7 Å². The van der Waals surface area contributed by atoms with Gasteiger partial charge in [-0.25, -0.2) is 0 Å². The lowest BCUT2D eigenvalue weighted by atomic mass is 9.98. The number of nitrogens with zero attached hydrogens (tertiary/aromatic N) is 4. The molecular weight excluding hydrogens is 491 g/mol. The molecule has 3 aromatic carbocycles. The van der Waals surface area contributed by atoms with Crippen molar-refractivity contribution in [2.45, 2.75) is 18.9 Å². The number of anilines is 1.